The first-order chi connectivity index (χ1) is 15.7. The molecule has 12 nitrogen and oxygen atoms in total. The van der Waals surface area contributed by atoms with Gasteiger partial charge in [-0.05, 0) is 27.7 Å². The van der Waals surface area contributed by atoms with Gasteiger partial charge >= 0.3 is 12.2 Å². The molecule has 2 saturated heterocycles. The van der Waals surface area contributed by atoms with Gasteiger partial charge in [0.05, 0.1) is 49.8 Å². The summed E-state index contributed by atoms with van der Waals surface area (Å²) in [5.74, 6) is 0. The van der Waals surface area contributed by atoms with Crippen LogP contribution in [0.1, 0.15) is 47.0 Å². The molecule has 0 aromatic rings. The van der Waals surface area contributed by atoms with Crippen molar-refractivity contribution >= 4 is 12.2 Å². The van der Waals surface area contributed by atoms with Crippen LogP contribution in [0.2, 0.25) is 0 Å². The van der Waals surface area contributed by atoms with Crippen LogP contribution in [-0.2, 0) is 38.1 Å². The average Bonchev–Trinajstić information content (AvgIpc) is 2.76. The number of carbonyl (C=O) groups is 2. The molecule has 8 atom stereocenters. The normalized spacial score (nSPS) is 34.4. The zero-order valence-corrected chi connectivity index (χ0v) is 20.2. The van der Waals surface area contributed by atoms with Crippen LogP contribution in [0.4, 0.5) is 9.59 Å². The second-order valence-electron chi connectivity index (χ2n) is 8.32. The highest BCUT2D eigenvalue weighted by Crippen LogP contribution is 2.24. The molecule has 2 heterocycles. The van der Waals surface area contributed by atoms with Crippen LogP contribution in [0.5, 0.6) is 0 Å². The van der Waals surface area contributed by atoms with E-state index in [1.165, 1.54) is 0 Å². The molecule has 0 aromatic carbocycles. The summed E-state index contributed by atoms with van der Waals surface area (Å²) in [4.78, 5) is 34.5. The summed E-state index contributed by atoms with van der Waals surface area (Å²) >= 11 is 0. The third-order valence-electron chi connectivity index (χ3n) is 5.60. The highest BCUT2D eigenvalue weighted by molar-refractivity contribution is 5.66. The second-order valence-corrected chi connectivity index (χ2v) is 8.32. The van der Waals surface area contributed by atoms with E-state index in [0.717, 1.165) is 0 Å². The quantitative estimate of drug-likeness (QED) is 0.354. The predicted octanol–water partition coefficient (Wildman–Crippen LogP) is 1.85. The van der Waals surface area contributed by atoms with Crippen LogP contribution >= 0.6 is 0 Å². The molecule has 2 N–H and O–H groups in total. The number of carbonyl (C=O) groups excluding carboxylic acids is 2. The first kappa shape index (κ1) is 27.5. The fourth-order valence-electron chi connectivity index (χ4n) is 4.01. The fourth-order valence-corrected chi connectivity index (χ4v) is 4.01. The van der Waals surface area contributed by atoms with Gasteiger partial charge in [0.15, 0.2) is 0 Å². The third-order valence-corrected chi connectivity index (χ3v) is 5.60. The molecular formula is C21H38N2O10. The van der Waals surface area contributed by atoms with E-state index in [4.69, 9.17) is 38.1 Å². The maximum atomic E-state index is 11.8. The van der Waals surface area contributed by atoms with Crippen LogP contribution in [0.15, 0.2) is 0 Å². The topological polar surface area (TPSA) is 132 Å². The Bertz CT molecular complexity index is 560. The van der Waals surface area contributed by atoms with Gasteiger partial charge in [0.2, 0.25) is 0 Å². The van der Waals surface area contributed by atoms with Crippen LogP contribution in [0.3, 0.4) is 0 Å². The van der Waals surface area contributed by atoms with Crippen molar-refractivity contribution in [3.05, 3.63) is 0 Å². The molecule has 2 rings (SSSR count). The van der Waals surface area contributed by atoms with Crippen LogP contribution in [0.25, 0.3) is 0 Å². The van der Waals surface area contributed by atoms with E-state index in [0.29, 0.717) is 19.3 Å². The minimum absolute atomic E-state index is 0.0297. The van der Waals surface area contributed by atoms with Gasteiger partial charge in [-0.1, -0.05) is 0 Å². The SMILES string of the molecule is CO[C@H]1C[C@H](C)O[C@@H](C)[C@@H]1ONC(=O)OCCCOC(=O)NO[C@H]1[C@H](C)O[C@@H](C)C[C@@H]1OC. The molecule has 192 valence electrons. The molecule has 0 bridgehead atoms. The molecule has 2 fully saturated rings. The molecule has 2 amide bonds. The number of amides is 2. The van der Waals surface area contributed by atoms with Crippen LogP contribution in [0, 0.1) is 0 Å². The molecule has 12 heteroatoms. The van der Waals surface area contributed by atoms with Crippen molar-refractivity contribution in [3.63, 3.8) is 0 Å². The Balaban J connectivity index is 1.56. The Morgan fingerprint density at radius 1 is 0.758 bits per heavy atom. The molecule has 0 unspecified atom stereocenters. The number of hydroxylamine groups is 2. The lowest BCUT2D eigenvalue weighted by Crippen LogP contribution is -2.51. The monoisotopic (exact) mass is 478 g/mol. The minimum atomic E-state index is -0.755. The second kappa shape index (κ2) is 13.9. The van der Waals surface area contributed by atoms with E-state index in [2.05, 4.69) is 11.0 Å². The maximum absolute atomic E-state index is 11.8. The summed E-state index contributed by atoms with van der Waals surface area (Å²) in [5.41, 5.74) is 4.50. The van der Waals surface area contributed by atoms with E-state index in [1.807, 2.05) is 27.7 Å². The minimum Gasteiger partial charge on any atom is -0.448 e. The van der Waals surface area contributed by atoms with Gasteiger partial charge in [-0.2, -0.15) is 11.0 Å². The molecular weight excluding hydrogens is 440 g/mol. The average molecular weight is 479 g/mol. The molecule has 2 aliphatic rings. The Morgan fingerprint density at radius 3 is 1.52 bits per heavy atom. The van der Waals surface area contributed by atoms with Gasteiger partial charge in [0, 0.05) is 33.5 Å². The number of ether oxygens (including phenoxy) is 6. The Morgan fingerprint density at radius 2 is 1.15 bits per heavy atom. The molecule has 0 spiro atoms. The molecule has 0 saturated carbocycles. The first-order valence-electron chi connectivity index (χ1n) is 11.3. The summed E-state index contributed by atoms with van der Waals surface area (Å²) in [6.07, 6.45) is -1.63. The standard InChI is InChI=1S/C21H38N2O10/c1-12-10-16(26-5)18(14(3)30-12)32-22-20(24)28-8-7-9-29-21(25)23-33-19-15(4)31-13(2)11-17(19)27-6/h12-19H,7-11H2,1-6H3,(H,22,24)(H,23,25)/t12-,13-,14-,15-,16-,17-,18-,19-/m0/s1. The number of methoxy groups -OCH3 is 2. The van der Waals surface area contributed by atoms with Gasteiger partial charge in [0.1, 0.15) is 12.2 Å². The van der Waals surface area contributed by atoms with Gasteiger partial charge in [0.25, 0.3) is 0 Å². The Hall–Kier alpha value is -1.70. The number of rotatable bonds is 10. The smallest absolute Gasteiger partial charge is 0.431 e. The highest BCUT2D eigenvalue weighted by Gasteiger charge is 2.38. The maximum Gasteiger partial charge on any atom is 0.431 e. The van der Waals surface area contributed by atoms with Crippen molar-refractivity contribution in [1.29, 1.82) is 0 Å². The fraction of sp³-hybridized carbons (Fsp3) is 0.905. The predicted molar refractivity (Wildman–Crippen MR) is 114 cm³/mol. The summed E-state index contributed by atoms with van der Waals surface area (Å²) in [7, 11) is 3.18. The Kier molecular flexibility index (Phi) is 11.6. The molecule has 0 radical (unpaired) electrons. The van der Waals surface area contributed by atoms with Gasteiger partial charge < -0.3 is 28.4 Å². The van der Waals surface area contributed by atoms with Crippen molar-refractivity contribution in [1.82, 2.24) is 11.0 Å². The summed E-state index contributed by atoms with van der Waals surface area (Å²) in [5, 5.41) is 0. The van der Waals surface area contributed by atoms with E-state index in [1.54, 1.807) is 14.2 Å². The first-order valence-corrected chi connectivity index (χ1v) is 11.3. The van der Waals surface area contributed by atoms with Crippen molar-refractivity contribution in [2.75, 3.05) is 27.4 Å². The third kappa shape index (κ3) is 8.87. The zero-order chi connectivity index (χ0) is 24.4. The zero-order valence-electron chi connectivity index (χ0n) is 20.2. The summed E-state index contributed by atoms with van der Waals surface area (Å²) in [6.45, 7) is 7.67. The number of hydrogen-bond donors (Lipinski definition) is 2. The van der Waals surface area contributed by atoms with Crippen molar-refractivity contribution < 1.29 is 47.7 Å². The van der Waals surface area contributed by atoms with E-state index in [-0.39, 0.29) is 49.8 Å². The van der Waals surface area contributed by atoms with Gasteiger partial charge in [-0.3, -0.25) is 9.68 Å². The lowest BCUT2D eigenvalue weighted by atomic mass is 9.99. The van der Waals surface area contributed by atoms with E-state index >= 15 is 0 Å². The number of nitrogens with one attached hydrogen (secondary N) is 2. The van der Waals surface area contributed by atoms with Crippen molar-refractivity contribution in [3.8, 4) is 0 Å². The molecule has 0 aliphatic carbocycles. The van der Waals surface area contributed by atoms with Crippen molar-refractivity contribution in [2.24, 2.45) is 0 Å². The van der Waals surface area contributed by atoms with E-state index in [9.17, 15) is 9.59 Å². The van der Waals surface area contributed by atoms with Crippen LogP contribution < -0.4 is 11.0 Å². The molecule has 0 aromatic heterocycles. The van der Waals surface area contributed by atoms with Crippen molar-refractivity contribution in [2.45, 2.75) is 95.8 Å². The van der Waals surface area contributed by atoms with Gasteiger partial charge in [-0.25, -0.2) is 9.59 Å². The largest absolute Gasteiger partial charge is 0.448 e. The summed E-state index contributed by atoms with van der Waals surface area (Å²) < 4.78 is 32.3. The van der Waals surface area contributed by atoms with Gasteiger partial charge in [-0.15, -0.1) is 0 Å². The number of hydrogen-bond acceptors (Lipinski definition) is 10. The lowest BCUT2D eigenvalue weighted by molar-refractivity contribution is -0.201. The molecule has 33 heavy (non-hydrogen) atoms. The summed E-state index contributed by atoms with van der Waals surface area (Å²) in [6, 6.07) is 0. The van der Waals surface area contributed by atoms with Crippen LogP contribution in [-0.4, -0.2) is 88.5 Å². The molecule has 2 aliphatic heterocycles. The Labute approximate surface area is 194 Å². The lowest BCUT2D eigenvalue weighted by Gasteiger charge is -2.37. The highest BCUT2D eigenvalue weighted by atomic mass is 16.7. The van der Waals surface area contributed by atoms with E-state index < -0.39 is 24.4 Å².